The van der Waals surface area contributed by atoms with Gasteiger partial charge in [-0.1, -0.05) is 30.7 Å². The minimum atomic E-state index is -0.0698. The normalized spacial score (nSPS) is 20.5. The largest absolute Gasteiger partial charge is 0.493 e. The van der Waals surface area contributed by atoms with Gasteiger partial charge < -0.3 is 19.7 Å². The van der Waals surface area contributed by atoms with Crippen LogP contribution in [-0.2, 0) is 4.79 Å². The number of carbonyl (C=O) groups excluding carboxylic acids is 1. The SMILES string of the molecule is COc1cccc(/C=C/C(=O)NC[C@H]2CCC[C@@H]2CN2CCN(c3nsc4ccccc34)CC2)c1OC. The maximum atomic E-state index is 12.6. The van der Waals surface area contributed by atoms with E-state index in [2.05, 4.69) is 39.4 Å². The van der Waals surface area contributed by atoms with Crippen LogP contribution < -0.4 is 19.7 Å². The van der Waals surface area contributed by atoms with Crippen molar-refractivity contribution in [3.05, 3.63) is 54.1 Å². The number of carbonyl (C=O) groups is 1. The first-order chi connectivity index (χ1) is 18.2. The number of nitrogens with one attached hydrogen (secondary N) is 1. The van der Waals surface area contributed by atoms with Crippen LogP contribution in [0.2, 0.25) is 0 Å². The lowest BCUT2D eigenvalue weighted by Crippen LogP contribution is -2.48. The van der Waals surface area contributed by atoms with E-state index in [-0.39, 0.29) is 5.91 Å². The molecular formula is C29H36N4O3S. The number of ether oxygens (including phenoxy) is 2. The van der Waals surface area contributed by atoms with Gasteiger partial charge in [-0.2, -0.15) is 4.37 Å². The molecular weight excluding hydrogens is 484 g/mol. The summed E-state index contributed by atoms with van der Waals surface area (Å²) in [6, 6.07) is 14.2. The third-order valence-electron chi connectivity index (χ3n) is 7.73. The van der Waals surface area contributed by atoms with Crippen molar-refractivity contribution in [2.45, 2.75) is 19.3 Å². The van der Waals surface area contributed by atoms with Crippen LogP contribution in [0.25, 0.3) is 16.2 Å². The highest BCUT2D eigenvalue weighted by atomic mass is 32.1. The minimum absolute atomic E-state index is 0.0698. The van der Waals surface area contributed by atoms with Crippen LogP contribution >= 0.6 is 11.5 Å². The van der Waals surface area contributed by atoms with E-state index in [1.165, 1.54) is 29.3 Å². The summed E-state index contributed by atoms with van der Waals surface area (Å²) in [4.78, 5) is 17.6. The zero-order chi connectivity index (χ0) is 25.6. The molecule has 8 heteroatoms. The van der Waals surface area contributed by atoms with Gasteiger partial charge in [0.2, 0.25) is 5.91 Å². The molecule has 0 unspecified atom stereocenters. The lowest BCUT2D eigenvalue weighted by Gasteiger charge is -2.37. The molecule has 0 bridgehead atoms. The maximum absolute atomic E-state index is 12.6. The minimum Gasteiger partial charge on any atom is -0.493 e. The number of anilines is 1. The molecule has 3 aromatic rings. The van der Waals surface area contributed by atoms with E-state index >= 15 is 0 Å². The van der Waals surface area contributed by atoms with Crippen molar-refractivity contribution in [1.82, 2.24) is 14.6 Å². The molecule has 2 aromatic carbocycles. The molecule has 0 radical (unpaired) electrons. The molecule has 1 N–H and O–H groups in total. The van der Waals surface area contributed by atoms with Crippen molar-refractivity contribution >= 4 is 39.4 Å². The fraction of sp³-hybridized carbons (Fsp3) is 0.448. The number of piperazine rings is 1. The lowest BCUT2D eigenvalue weighted by molar-refractivity contribution is -0.116. The predicted molar refractivity (Wildman–Crippen MR) is 151 cm³/mol. The van der Waals surface area contributed by atoms with E-state index in [4.69, 9.17) is 13.8 Å². The Hall–Kier alpha value is -3.10. The van der Waals surface area contributed by atoms with Gasteiger partial charge in [0.15, 0.2) is 11.5 Å². The van der Waals surface area contributed by atoms with Crippen molar-refractivity contribution in [2.24, 2.45) is 11.8 Å². The molecule has 196 valence electrons. The zero-order valence-electron chi connectivity index (χ0n) is 21.7. The van der Waals surface area contributed by atoms with Gasteiger partial charge in [-0.05, 0) is 60.5 Å². The topological polar surface area (TPSA) is 66.9 Å². The Kier molecular flexibility index (Phi) is 8.26. The smallest absolute Gasteiger partial charge is 0.244 e. The standard InChI is InChI=1S/C29H36N4O3S/c1-35-25-11-6-7-21(28(25)36-2)13-14-27(34)30-19-22-8-5-9-23(22)20-32-15-17-33(18-16-32)29-24-10-3-4-12-26(24)37-31-29/h3-4,6-7,10-14,22-23H,5,8-9,15-20H2,1-2H3,(H,30,34)/b14-13+/t22-,23-/m1/s1. The highest BCUT2D eigenvalue weighted by Crippen LogP contribution is 2.34. The third kappa shape index (κ3) is 5.91. The fourth-order valence-corrected chi connectivity index (χ4v) is 6.49. The van der Waals surface area contributed by atoms with Gasteiger partial charge in [-0.15, -0.1) is 0 Å². The zero-order valence-corrected chi connectivity index (χ0v) is 22.5. The molecule has 1 aliphatic carbocycles. The first kappa shape index (κ1) is 25.5. The summed E-state index contributed by atoms with van der Waals surface area (Å²) in [7, 11) is 3.22. The van der Waals surface area contributed by atoms with Crippen LogP contribution in [-0.4, -0.2) is 68.7 Å². The fourth-order valence-electron chi connectivity index (χ4n) is 5.70. The Morgan fingerprint density at radius 2 is 1.86 bits per heavy atom. The Labute approximate surface area is 223 Å². The molecule has 2 fully saturated rings. The van der Waals surface area contributed by atoms with Crippen molar-refractivity contribution in [3.8, 4) is 11.5 Å². The average Bonchev–Trinajstić information content (AvgIpc) is 3.57. The number of benzene rings is 2. The average molecular weight is 521 g/mol. The number of fused-ring (bicyclic) bond motifs is 1. The summed E-state index contributed by atoms with van der Waals surface area (Å²) in [5.74, 6) is 3.52. The van der Waals surface area contributed by atoms with E-state index < -0.39 is 0 Å². The first-order valence-electron chi connectivity index (χ1n) is 13.1. The van der Waals surface area contributed by atoms with Crippen molar-refractivity contribution in [3.63, 3.8) is 0 Å². The molecule has 1 amide bonds. The Morgan fingerprint density at radius 1 is 1.05 bits per heavy atom. The summed E-state index contributed by atoms with van der Waals surface area (Å²) in [5, 5.41) is 4.41. The highest BCUT2D eigenvalue weighted by Gasteiger charge is 2.30. The molecule has 1 aromatic heterocycles. The third-order valence-corrected chi connectivity index (χ3v) is 8.54. The Balaban J connectivity index is 1.10. The van der Waals surface area contributed by atoms with Crippen LogP contribution in [0, 0.1) is 11.8 Å². The number of rotatable bonds is 9. The first-order valence-corrected chi connectivity index (χ1v) is 13.9. The van der Waals surface area contributed by atoms with E-state index in [1.54, 1.807) is 37.9 Å². The van der Waals surface area contributed by atoms with Gasteiger partial charge >= 0.3 is 0 Å². The molecule has 5 rings (SSSR count). The number of hydrogen-bond acceptors (Lipinski definition) is 7. The Bertz CT molecular complexity index is 1230. The van der Waals surface area contributed by atoms with E-state index in [9.17, 15) is 4.79 Å². The molecule has 2 aliphatic rings. The van der Waals surface area contributed by atoms with Crippen LogP contribution in [0.15, 0.2) is 48.5 Å². The second-order valence-corrected chi connectivity index (χ2v) is 10.7. The van der Waals surface area contributed by atoms with E-state index in [0.29, 0.717) is 23.3 Å². The number of amides is 1. The Morgan fingerprint density at radius 3 is 2.68 bits per heavy atom. The molecule has 37 heavy (non-hydrogen) atoms. The monoisotopic (exact) mass is 520 g/mol. The molecule has 1 aliphatic heterocycles. The van der Waals surface area contributed by atoms with Crippen molar-refractivity contribution in [2.75, 3.05) is 58.4 Å². The number of hydrogen-bond donors (Lipinski definition) is 1. The summed E-state index contributed by atoms with van der Waals surface area (Å²) in [6.07, 6.45) is 7.04. The lowest BCUT2D eigenvalue weighted by atomic mass is 9.95. The van der Waals surface area contributed by atoms with Gasteiger partial charge in [-0.3, -0.25) is 9.69 Å². The highest BCUT2D eigenvalue weighted by molar-refractivity contribution is 7.13. The van der Waals surface area contributed by atoms with Crippen molar-refractivity contribution in [1.29, 1.82) is 0 Å². The molecule has 0 spiro atoms. The summed E-state index contributed by atoms with van der Waals surface area (Å²) in [6.45, 7) is 6.00. The van der Waals surface area contributed by atoms with Crippen LogP contribution in [0.1, 0.15) is 24.8 Å². The summed E-state index contributed by atoms with van der Waals surface area (Å²) >= 11 is 1.59. The molecule has 7 nitrogen and oxygen atoms in total. The van der Waals surface area contributed by atoms with Gasteiger partial charge in [0.25, 0.3) is 0 Å². The van der Waals surface area contributed by atoms with E-state index in [1.807, 2.05) is 18.2 Å². The van der Waals surface area contributed by atoms with Gasteiger partial charge in [-0.25, -0.2) is 0 Å². The van der Waals surface area contributed by atoms with Crippen LogP contribution in [0.3, 0.4) is 0 Å². The summed E-state index contributed by atoms with van der Waals surface area (Å²) in [5.41, 5.74) is 0.820. The molecule has 1 saturated carbocycles. The van der Waals surface area contributed by atoms with Gasteiger partial charge in [0.1, 0.15) is 5.82 Å². The number of methoxy groups -OCH3 is 2. The van der Waals surface area contributed by atoms with Crippen LogP contribution in [0.5, 0.6) is 11.5 Å². The van der Waals surface area contributed by atoms with Crippen molar-refractivity contribution < 1.29 is 14.3 Å². The number of aromatic nitrogens is 1. The van der Waals surface area contributed by atoms with Gasteiger partial charge in [0.05, 0.1) is 18.9 Å². The predicted octanol–water partition coefficient (Wildman–Crippen LogP) is 4.68. The maximum Gasteiger partial charge on any atom is 0.244 e. The molecule has 2 heterocycles. The quantitative estimate of drug-likeness (QED) is 0.413. The van der Waals surface area contributed by atoms with E-state index in [0.717, 1.165) is 50.6 Å². The molecule has 1 saturated heterocycles. The number of nitrogens with zero attached hydrogens (tertiary/aromatic N) is 3. The van der Waals surface area contributed by atoms with Gasteiger partial charge in [0, 0.05) is 56.3 Å². The molecule has 2 atom stereocenters. The number of para-hydroxylation sites is 1. The second kappa shape index (κ2) is 12.0. The van der Waals surface area contributed by atoms with Crippen LogP contribution in [0.4, 0.5) is 5.82 Å². The second-order valence-electron chi connectivity index (χ2n) is 9.90. The summed E-state index contributed by atoms with van der Waals surface area (Å²) < 4.78 is 16.8.